The summed E-state index contributed by atoms with van der Waals surface area (Å²) in [4.78, 5) is 15.6. The molecule has 0 spiro atoms. The fraction of sp³-hybridized carbons (Fsp3) is 0.385. The standard InChI is InChI=1S/C13H14FNO2S/c1-17-13(16)11-8-18-12(15-11)7-6-9-4-2-3-5-10(9)14/h2-5,11H,6-8H2,1H3. The van der Waals surface area contributed by atoms with Gasteiger partial charge in [-0.2, -0.15) is 0 Å². The van der Waals surface area contributed by atoms with Gasteiger partial charge in [0.25, 0.3) is 0 Å². The summed E-state index contributed by atoms with van der Waals surface area (Å²) in [7, 11) is 1.36. The van der Waals surface area contributed by atoms with E-state index in [1.54, 1.807) is 23.9 Å². The van der Waals surface area contributed by atoms with Crippen LogP contribution in [0.3, 0.4) is 0 Å². The van der Waals surface area contributed by atoms with Gasteiger partial charge in [-0.15, -0.1) is 11.8 Å². The Labute approximate surface area is 109 Å². The van der Waals surface area contributed by atoms with Crippen LogP contribution in [0.15, 0.2) is 29.3 Å². The average Bonchev–Trinajstić information content (AvgIpc) is 2.86. The topological polar surface area (TPSA) is 38.7 Å². The number of thioether (sulfide) groups is 1. The van der Waals surface area contributed by atoms with Gasteiger partial charge in [-0.1, -0.05) is 18.2 Å². The molecule has 1 heterocycles. The Morgan fingerprint density at radius 1 is 1.50 bits per heavy atom. The molecule has 0 N–H and O–H groups in total. The van der Waals surface area contributed by atoms with E-state index in [1.165, 1.54) is 13.2 Å². The summed E-state index contributed by atoms with van der Waals surface area (Å²) in [5, 5.41) is 0.897. The lowest BCUT2D eigenvalue weighted by Gasteiger charge is -2.02. The summed E-state index contributed by atoms with van der Waals surface area (Å²) >= 11 is 1.55. The van der Waals surface area contributed by atoms with E-state index in [0.717, 1.165) is 5.04 Å². The van der Waals surface area contributed by atoms with Gasteiger partial charge >= 0.3 is 5.97 Å². The molecule has 0 bridgehead atoms. The molecule has 1 aromatic rings. The van der Waals surface area contributed by atoms with Crippen LogP contribution in [0.2, 0.25) is 0 Å². The van der Waals surface area contributed by atoms with Crippen molar-refractivity contribution < 1.29 is 13.9 Å². The number of esters is 1. The Balaban J connectivity index is 1.92. The maximum absolute atomic E-state index is 13.4. The van der Waals surface area contributed by atoms with Gasteiger partial charge in [0.15, 0.2) is 6.04 Å². The van der Waals surface area contributed by atoms with Crippen molar-refractivity contribution in [3.8, 4) is 0 Å². The number of methoxy groups -OCH3 is 1. The zero-order valence-electron chi connectivity index (χ0n) is 10.1. The summed E-state index contributed by atoms with van der Waals surface area (Å²) in [6.45, 7) is 0. The number of ether oxygens (including phenoxy) is 1. The van der Waals surface area contributed by atoms with Crippen LogP contribution in [-0.4, -0.2) is 29.9 Å². The van der Waals surface area contributed by atoms with Crippen molar-refractivity contribution in [2.24, 2.45) is 4.99 Å². The monoisotopic (exact) mass is 267 g/mol. The molecule has 3 nitrogen and oxygen atoms in total. The molecule has 0 aliphatic carbocycles. The number of benzene rings is 1. The molecule has 0 amide bonds. The molecule has 0 aromatic heterocycles. The molecule has 1 aliphatic rings. The lowest BCUT2D eigenvalue weighted by Crippen LogP contribution is -2.19. The van der Waals surface area contributed by atoms with Crippen LogP contribution in [0.4, 0.5) is 4.39 Å². The van der Waals surface area contributed by atoms with Gasteiger partial charge in [0.1, 0.15) is 5.82 Å². The number of halogens is 1. The van der Waals surface area contributed by atoms with E-state index in [9.17, 15) is 9.18 Å². The molecule has 96 valence electrons. The molecule has 5 heteroatoms. The third-order valence-electron chi connectivity index (χ3n) is 2.75. The number of aryl methyl sites for hydroxylation is 1. The van der Waals surface area contributed by atoms with Crippen LogP contribution in [0.25, 0.3) is 0 Å². The highest BCUT2D eigenvalue weighted by molar-refractivity contribution is 8.14. The summed E-state index contributed by atoms with van der Waals surface area (Å²) in [5.41, 5.74) is 0.683. The van der Waals surface area contributed by atoms with Gasteiger partial charge in [0.05, 0.1) is 12.2 Å². The first kappa shape index (κ1) is 13.1. The van der Waals surface area contributed by atoms with Gasteiger partial charge in [-0.3, -0.25) is 4.99 Å². The first-order valence-corrected chi connectivity index (χ1v) is 6.70. The van der Waals surface area contributed by atoms with Gasteiger partial charge in [0, 0.05) is 5.75 Å². The van der Waals surface area contributed by atoms with E-state index >= 15 is 0 Å². The second-order valence-corrected chi connectivity index (χ2v) is 5.06. The Morgan fingerprint density at radius 3 is 3.00 bits per heavy atom. The third-order valence-corrected chi connectivity index (χ3v) is 3.87. The van der Waals surface area contributed by atoms with Crippen molar-refractivity contribution >= 4 is 22.8 Å². The number of aliphatic imine (C=N–C) groups is 1. The highest BCUT2D eigenvalue weighted by atomic mass is 32.2. The van der Waals surface area contributed by atoms with Gasteiger partial charge in [0.2, 0.25) is 0 Å². The molecular weight excluding hydrogens is 253 g/mol. The number of rotatable bonds is 4. The zero-order valence-corrected chi connectivity index (χ0v) is 10.9. The highest BCUT2D eigenvalue weighted by Gasteiger charge is 2.25. The number of hydrogen-bond donors (Lipinski definition) is 0. The Hall–Kier alpha value is -1.36. The predicted octanol–water partition coefficient (Wildman–Crippen LogP) is 2.45. The van der Waals surface area contributed by atoms with Crippen molar-refractivity contribution in [1.82, 2.24) is 0 Å². The molecule has 0 saturated heterocycles. The Morgan fingerprint density at radius 2 is 2.28 bits per heavy atom. The second kappa shape index (κ2) is 6.00. The smallest absolute Gasteiger partial charge is 0.331 e. The Kier molecular flexibility index (Phi) is 4.36. The van der Waals surface area contributed by atoms with Gasteiger partial charge < -0.3 is 4.74 Å². The van der Waals surface area contributed by atoms with Crippen LogP contribution in [-0.2, 0) is 16.0 Å². The van der Waals surface area contributed by atoms with E-state index in [1.807, 2.05) is 6.07 Å². The molecule has 0 saturated carbocycles. The van der Waals surface area contributed by atoms with Gasteiger partial charge in [-0.05, 0) is 24.5 Å². The van der Waals surface area contributed by atoms with E-state index in [2.05, 4.69) is 9.73 Å². The molecule has 1 aromatic carbocycles. The second-order valence-electron chi connectivity index (χ2n) is 3.96. The summed E-state index contributed by atoms with van der Waals surface area (Å²) in [6, 6.07) is 6.33. The lowest BCUT2D eigenvalue weighted by molar-refractivity contribution is -0.141. The van der Waals surface area contributed by atoms with Crippen molar-refractivity contribution in [3.05, 3.63) is 35.6 Å². The fourth-order valence-corrected chi connectivity index (χ4v) is 2.77. The highest BCUT2D eigenvalue weighted by Crippen LogP contribution is 2.22. The van der Waals surface area contributed by atoms with Crippen molar-refractivity contribution in [3.63, 3.8) is 0 Å². The minimum Gasteiger partial charge on any atom is -0.467 e. The summed E-state index contributed by atoms with van der Waals surface area (Å²) in [6.07, 6.45) is 1.27. The minimum absolute atomic E-state index is 0.189. The number of hydrogen-bond acceptors (Lipinski definition) is 4. The van der Waals surface area contributed by atoms with E-state index in [-0.39, 0.29) is 11.8 Å². The van der Waals surface area contributed by atoms with Crippen LogP contribution < -0.4 is 0 Å². The predicted molar refractivity (Wildman–Crippen MR) is 70.4 cm³/mol. The van der Waals surface area contributed by atoms with E-state index in [4.69, 9.17) is 0 Å². The van der Waals surface area contributed by atoms with E-state index < -0.39 is 6.04 Å². The zero-order chi connectivity index (χ0) is 13.0. The molecule has 1 atom stereocenters. The first-order chi connectivity index (χ1) is 8.70. The SMILES string of the molecule is COC(=O)C1CSC(CCc2ccccc2F)=N1. The largest absolute Gasteiger partial charge is 0.467 e. The van der Waals surface area contributed by atoms with Crippen LogP contribution in [0.1, 0.15) is 12.0 Å². The lowest BCUT2D eigenvalue weighted by atomic mass is 10.1. The molecule has 1 unspecified atom stereocenters. The minimum atomic E-state index is -0.393. The van der Waals surface area contributed by atoms with Crippen molar-refractivity contribution in [2.45, 2.75) is 18.9 Å². The normalized spacial score (nSPS) is 18.6. The molecule has 2 rings (SSSR count). The summed E-state index contributed by atoms with van der Waals surface area (Å²) in [5.74, 6) is 0.133. The third kappa shape index (κ3) is 3.10. The molecule has 1 aliphatic heterocycles. The maximum Gasteiger partial charge on any atom is 0.331 e. The maximum atomic E-state index is 13.4. The van der Waals surface area contributed by atoms with Crippen LogP contribution in [0.5, 0.6) is 0 Å². The average molecular weight is 267 g/mol. The number of carbonyl (C=O) groups is 1. The van der Waals surface area contributed by atoms with Crippen LogP contribution >= 0.6 is 11.8 Å². The summed E-state index contributed by atoms with van der Waals surface area (Å²) < 4.78 is 18.0. The number of nitrogens with zero attached hydrogens (tertiary/aromatic N) is 1. The van der Waals surface area contributed by atoms with Crippen molar-refractivity contribution in [1.29, 1.82) is 0 Å². The Bertz CT molecular complexity index is 476. The molecule has 0 radical (unpaired) electrons. The van der Waals surface area contributed by atoms with Crippen LogP contribution in [0, 0.1) is 5.82 Å². The van der Waals surface area contributed by atoms with Gasteiger partial charge in [-0.25, -0.2) is 9.18 Å². The number of carbonyl (C=O) groups excluding carboxylic acids is 1. The molecule has 0 fully saturated rings. The quantitative estimate of drug-likeness (QED) is 0.786. The first-order valence-electron chi connectivity index (χ1n) is 5.71. The van der Waals surface area contributed by atoms with Crippen molar-refractivity contribution in [2.75, 3.05) is 12.9 Å². The molecular formula is C13H14FNO2S. The van der Waals surface area contributed by atoms with E-state index in [0.29, 0.717) is 24.2 Å². The fourth-order valence-electron chi connectivity index (χ4n) is 1.76. The molecule has 18 heavy (non-hydrogen) atoms.